The highest BCUT2D eigenvalue weighted by Crippen LogP contribution is 2.42. The van der Waals surface area contributed by atoms with Gasteiger partial charge in [0.05, 0.1) is 28.8 Å². The number of carbonyl (C=O) groups excluding carboxylic acids is 5. The van der Waals surface area contributed by atoms with Crippen molar-refractivity contribution < 1.29 is 28.4 Å². The van der Waals surface area contributed by atoms with Gasteiger partial charge in [-0.2, -0.15) is 5.10 Å². The van der Waals surface area contributed by atoms with Crippen LogP contribution in [0.15, 0.2) is 54.9 Å². The predicted molar refractivity (Wildman–Crippen MR) is 169 cm³/mol. The third-order valence-electron chi connectivity index (χ3n) is 10.2. The molecule has 0 spiro atoms. The lowest BCUT2D eigenvalue weighted by Crippen LogP contribution is -2.54. The SMILES string of the molecule is O=C1CCC(N2C(=O)c3cccc(NCc4cnn(C5CCN(C(=O)C6(c7ccc(F)cc7)CCCCC6)CC5)c4)c3C2=O)C(=O)N1. The number of aromatic nitrogens is 2. The molecule has 3 aromatic rings. The average Bonchev–Trinajstić information content (AvgIpc) is 3.67. The second-order valence-electron chi connectivity index (χ2n) is 13.0. The Labute approximate surface area is 271 Å². The summed E-state index contributed by atoms with van der Waals surface area (Å²) in [5, 5.41) is 10.1. The molecule has 3 fully saturated rings. The highest BCUT2D eigenvalue weighted by molar-refractivity contribution is 6.25. The van der Waals surface area contributed by atoms with Gasteiger partial charge < -0.3 is 10.2 Å². The summed E-state index contributed by atoms with van der Waals surface area (Å²) in [6.07, 6.45) is 10.1. The van der Waals surface area contributed by atoms with Gasteiger partial charge in [-0.3, -0.25) is 38.9 Å². The monoisotopic (exact) mass is 640 g/mol. The molecule has 2 aromatic carbocycles. The molecular weight excluding hydrogens is 603 g/mol. The minimum atomic E-state index is -1.02. The number of halogens is 1. The second-order valence-corrected chi connectivity index (χ2v) is 13.0. The Morgan fingerprint density at radius 1 is 0.957 bits per heavy atom. The minimum absolute atomic E-state index is 0.0605. The Morgan fingerprint density at radius 3 is 2.43 bits per heavy atom. The van der Waals surface area contributed by atoms with Gasteiger partial charge in [-0.25, -0.2) is 4.39 Å². The fraction of sp³-hybridized carbons (Fsp3) is 0.429. The van der Waals surface area contributed by atoms with Crippen molar-refractivity contribution in [3.8, 4) is 0 Å². The van der Waals surface area contributed by atoms with Crippen molar-refractivity contribution in [2.45, 2.75) is 81.8 Å². The Morgan fingerprint density at radius 2 is 1.70 bits per heavy atom. The van der Waals surface area contributed by atoms with Crippen molar-refractivity contribution in [3.63, 3.8) is 0 Å². The largest absolute Gasteiger partial charge is 0.380 e. The number of nitrogens with zero attached hydrogens (tertiary/aromatic N) is 4. The quantitative estimate of drug-likeness (QED) is 0.372. The Balaban J connectivity index is 0.987. The summed E-state index contributed by atoms with van der Waals surface area (Å²) in [5.41, 5.74) is 2.12. The molecular formula is C35H37FN6O5. The van der Waals surface area contributed by atoms with Gasteiger partial charge in [0.2, 0.25) is 17.7 Å². The molecule has 4 heterocycles. The zero-order valence-electron chi connectivity index (χ0n) is 26.0. The molecule has 1 aliphatic carbocycles. The fourth-order valence-corrected chi connectivity index (χ4v) is 7.71. The van der Waals surface area contributed by atoms with E-state index in [1.54, 1.807) is 36.5 Å². The zero-order chi connectivity index (χ0) is 32.7. The van der Waals surface area contributed by atoms with Crippen LogP contribution in [0.1, 0.15) is 95.7 Å². The topological polar surface area (TPSA) is 134 Å². The summed E-state index contributed by atoms with van der Waals surface area (Å²) < 4.78 is 15.6. The molecule has 1 atom stereocenters. The molecule has 0 bridgehead atoms. The van der Waals surface area contributed by atoms with E-state index in [9.17, 15) is 28.4 Å². The van der Waals surface area contributed by atoms with Gasteiger partial charge in [0.1, 0.15) is 11.9 Å². The number of likely N-dealkylation sites (tertiary alicyclic amines) is 1. The molecule has 244 valence electrons. The van der Waals surface area contributed by atoms with Gasteiger partial charge in [-0.05, 0) is 61.9 Å². The average molecular weight is 641 g/mol. The predicted octanol–water partition coefficient (Wildman–Crippen LogP) is 4.10. The van der Waals surface area contributed by atoms with E-state index in [0.717, 1.165) is 61.0 Å². The maximum Gasteiger partial charge on any atom is 0.264 e. The van der Waals surface area contributed by atoms with Crippen molar-refractivity contribution in [2.24, 2.45) is 0 Å². The summed E-state index contributed by atoms with van der Waals surface area (Å²) in [5.74, 6) is -2.32. The van der Waals surface area contributed by atoms with Gasteiger partial charge in [0.25, 0.3) is 11.8 Å². The van der Waals surface area contributed by atoms with E-state index in [2.05, 4.69) is 15.7 Å². The van der Waals surface area contributed by atoms with Crippen LogP contribution in [0.2, 0.25) is 0 Å². The van der Waals surface area contributed by atoms with E-state index in [1.807, 2.05) is 15.8 Å². The Hall–Kier alpha value is -4.87. The number of carbonyl (C=O) groups is 5. The van der Waals surface area contributed by atoms with Gasteiger partial charge >= 0.3 is 0 Å². The van der Waals surface area contributed by atoms with Crippen molar-refractivity contribution in [3.05, 3.63) is 82.9 Å². The maximum atomic E-state index is 14.0. The van der Waals surface area contributed by atoms with Gasteiger partial charge in [0, 0.05) is 43.5 Å². The Bertz CT molecular complexity index is 1740. The van der Waals surface area contributed by atoms with Crippen LogP contribution in [-0.4, -0.2) is 68.2 Å². The maximum absolute atomic E-state index is 14.0. The van der Waals surface area contributed by atoms with Crippen molar-refractivity contribution in [1.82, 2.24) is 24.9 Å². The molecule has 5 amide bonds. The fourth-order valence-electron chi connectivity index (χ4n) is 7.71. The van der Waals surface area contributed by atoms with Crippen LogP contribution in [0.3, 0.4) is 0 Å². The first-order valence-electron chi connectivity index (χ1n) is 16.4. The van der Waals surface area contributed by atoms with Crippen LogP contribution in [0.5, 0.6) is 0 Å². The number of hydrogen-bond donors (Lipinski definition) is 2. The highest BCUT2D eigenvalue weighted by atomic mass is 19.1. The normalized spacial score (nSPS) is 21.5. The molecule has 2 N–H and O–H groups in total. The number of rotatable bonds is 7. The van der Waals surface area contributed by atoms with Crippen LogP contribution < -0.4 is 10.6 Å². The summed E-state index contributed by atoms with van der Waals surface area (Å²) in [4.78, 5) is 67.5. The summed E-state index contributed by atoms with van der Waals surface area (Å²) in [6.45, 7) is 1.60. The molecule has 12 heteroatoms. The molecule has 47 heavy (non-hydrogen) atoms. The number of anilines is 1. The first kappa shape index (κ1) is 30.8. The molecule has 7 rings (SSSR count). The lowest BCUT2D eigenvalue weighted by Gasteiger charge is -2.42. The standard InChI is InChI=1S/C35H37FN6O5/c36-24-9-7-23(8-10-24)35(15-2-1-3-16-35)34(47)40-17-13-25(14-18-40)41-21-22(20-38-41)19-37-27-6-4-5-26-30(27)33(46)42(32(26)45)28-11-12-29(43)39-31(28)44/h4-10,20-21,25,28,37H,1-3,11-19H2,(H,39,43,44). The number of benzene rings is 2. The van der Waals surface area contributed by atoms with Gasteiger partial charge in [-0.1, -0.05) is 37.5 Å². The lowest BCUT2D eigenvalue weighted by molar-refractivity contribution is -0.140. The second kappa shape index (κ2) is 12.4. The van der Waals surface area contributed by atoms with Crippen LogP contribution in [0, 0.1) is 5.82 Å². The van der Waals surface area contributed by atoms with Crippen LogP contribution in [-0.2, 0) is 26.3 Å². The van der Waals surface area contributed by atoms with Crippen LogP contribution in [0.4, 0.5) is 10.1 Å². The molecule has 1 unspecified atom stereocenters. The van der Waals surface area contributed by atoms with Crippen molar-refractivity contribution >= 4 is 35.2 Å². The molecule has 4 aliphatic rings. The number of piperidine rings is 2. The number of imide groups is 2. The first-order valence-corrected chi connectivity index (χ1v) is 16.4. The molecule has 1 aromatic heterocycles. The molecule has 0 radical (unpaired) electrons. The van der Waals surface area contributed by atoms with E-state index in [1.165, 1.54) is 12.1 Å². The molecule has 1 saturated carbocycles. The van der Waals surface area contributed by atoms with E-state index in [0.29, 0.717) is 25.3 Å². The first-order chi connectivity index (χ1) is 22.7. The number of fused-ring (bicyclic) bond motifs is 1. The third kappa shape index (κ3) is 5.59. The zero-order valence-corrected chi connectivity index (χ0v) is 26.0. The highest BCUT2D eigenvalue weighted by Gasteiger charge is 2.46. The number of nitrogens with one attached hydrogen (secondary N) is 2. The third-order valence-corrected chi connectivity index (χ3v) is 10.2. The number of hydrogen-bond acceptors (Lipinski definition) is 7. The lowest BCUT2D eigenvalue weighted by atomic mass is 9.68. The smallest absolute Gasteiger partial charge is 0.264 e. The number of amides is 5. The van der Waals surface area contributed by atoms with E-state index in [4.69, 9.17) is 0 Å². The summed E-state index contributed by atoms with van der Waals surface area (Å²) in [6, 6.07) is 10.5. The molecule has 2 saturated heterocycles. The van der Waals surface area contributed by atoms with E-state index >= 15 is 0 Å². The van der Waals surface area contributed by atoms with Gasteiger partial charge in [0.15, 0.2) is 0 Å². The minimum Gasteiger partial charge on any atom is -0.380 e. The molecule has 11 nitrogen and oxygen atoms in total. The van der Waals surface area contributed by atoms with Gasteiger partial charge in [-0.15, -0.1) is 0 Å². The summed E-state index contributed by atoms with van der Waals surface area (Å²) in [7, 11) is 0. The van der Waals surface area contributed by atoms with Crippen LogP contribution >= 0.6 is 0 Å². The van der Waals surface area contributed by atoms with Crippen molar-refractivity contribution in [2.75, 3.05) is 18.4 Å². The Kier molecular flexibility index (Phi) is 8.11. The van der Waals surface area contributed by atoms with E-state index in [-0.39, 0.29) is 41.7 Å². The van der Waals surface area contributed by atoms with Crippen molar-refractivity contribution in [1.29, 1.82) is 0 Å². The van der Waals surface area contributed by atoms with Crippen LogP contribution in [0.25, 0.3) is 0 Å². The summed E-state index contributed by atoms with van der Waals surface area (Å²) >= 11 is 0. The molecule has 3 aliphatic heterocycles. The van der Waals surface area contributed by atoms with E-state index < -0.39 is 35.1 Å².